The van der Waals surface area contributed by atoms with Gasteiger partial charge in [-0.2, -0.15) is 0 Å². The molecule has 0 unspecified atom stereocenters. The highest BCUT2D eigenvalue weighted by molar-refractivity contribution is 14.1. The second kappa shape index (κ2) is 4.61. The Morgan fingerprint density at radius 1 is 1.47 bits per heavy atom. The normalized spacial score (nSPS) is 10.6. The standard InChI is InChI=1S/C10H9BrIN3/c1-7-2-3-8(12)4-10(7)15-9(5-11)6-13-14-15/h2-4,6H,5H2,1H3. The van der Waals surface area contributed by atoms with Gasteiger partial charge in [0.05, 0.1) is 17.6 Å². The molecule has 0 bridgehead atoms. The summed E-state index contributed by atoms with van der Waals surface area (Å²) in [7, 11) is 0. The van der Waals surface area contributed by atoms with Gasteiger partial charge >= 0.3 is 0 Å². The summed E-state index contributed by atoms with van der Waals surface area (Å²) in [6.45, 7) is 2.07. The van der Waals surface area contributed by atoms with Crippen molar-refractivity contribution < 1.29 is 0 Å². The summed E-state index contributed by atoms with van der Waals surface area (Å²) in [4.78, 5) is 0. The highest BCUT2D eigenvalue weighted by Gasteiger charge is 2.07. The first-order chi connectivity index (χ1) is 7.22. The third kappa shape index (κ3) is 2.23. The van der Waals surface area contributed by atoms with E-state index in [-0.39, 0.29) is 0 Å². The molecule has 0 aliphatic heterocycles. The minimum atomic E-state index is 0.755. The lowest BCUT2D eigenvalue weighted by atomic mass is 10.2. The third-order valence-corrected chi connectivity index (χ3v) is 3.40. The van der Waals surface area contributed by atoms with Crippen LogP contribution in [0.25, 0.3) is 5.69 Å². The van der Waals surface area contributed by atoms with Crippen LogP contribution >= 0.6 is 38.5 Å². The lowest BCUT2D eigenvalue weighted by Crippen LogP contribution is -2.03. The van der Waals surface area contributed by atoms with Gasteiger partial charge < -0.3 is 0 Å². The number of aromatic nitrogens is 3. The molecule has 2 aromatic rings. The van der Waals surface area contributed by atoms with Gasteiger partial charge in [0.1, 0.15) is 0 Å². The van der Waals surface area contributed by atoms with Gasteiger partial charge in [0, 0.05) is 8.90 Å². The minimum absolute atomic E-state index is 0.755. The van der Waals surface area contributed by atoms with E-state index < -0.39 is 0 Å². The van der Waals surface area contributed by atoms with Crippen LogP contribution in [0.2, 0.25) is 0 Å². The first-order valence-corrected chi connectivity index (χ1v) is 6.64. The second-order valence-electron chi connectivity index (χ2n) is 3.20. The molecule has 0 saturated carbocycles. The molecule has 0 atom stereocenters. The number of benzene rings is 1. The molecule has 0 radical (unpaired) electrons. The van der Waals surface area contributed by atoms with E-state index in [1.54, 1.807) is 6.20 Å². The molecule has 15 heavy (non-hydrogen) atoms. The average molecular weight is 378 g/mol. The Kier molecular flexibility index (Phi) is 3.40. The van der Waals surface area contributed by atoms with E-state index in [0.717, 1.165) is 16.7 Å². The van der Waals surface area contributed by atoms with Crippen LogP contribution in [0.1, 0.15) is 11.3 Å². The lowest BCUT2D eigenvalue weighted by molar-refractivity contribution is 0.778. The SMILES string of the molecule is Cc1ccc(I)cc1-n1nncc1CBr. The third-order valence-electron chi connectivity index (χ3n) is 2.16. The monoisotopic (exact) mass is 377 g/mol. The fourth-order valence-corrected chi connectivity index (χ4v) is 2.22. The predicted molar refractivity (Wildman–Crippen MR) is 71.4 cm³/mol. The number of halogens is 2. The largest absolute Gasteiger partial charge is 0.216 e. The Morgan fingerprint density at radius 2 is 2.27 bits per heavy atom. The summed E-state index contributed by atoms with van der Waals surface area (Å²) in [5, 5.41) is 8.77. The molecule has 1 heterocycles. The molecule has 78 valence electrons. The van der Waals surface area contributed by atoms with E-state index >= 15 is 0 Å². The van der Waals surface area contributed by atoms with Crippen molar-refractivity contribution in [2.75, 3.05) is 0 Å². The molecule has 0 aliphatic rings. The Balaban J connectivity index is 2.58. The zero-order chi connectivity index (χ0) is 10.8. The van der Waals surface area contributed by atoms with Gasteiger partial charge in [-0.05, 0) is 47.2 Å². The summed E-state index contributed by atoms with van der Waals surface area (Å²) in [6.07, 6.45) is 1.77. The average Bonchev–Trinajstić information content (AvgIpc) is 2.69. The summed E-state index contributed by atoms with van der Waals surface area (Å²) < 4.78 is 3.07. The maximum atomic E-state index is 4.09. The highest BCUT2D eigenvalue weighted by atomic mass is 127. The first kappa shape index (κ1) is 11.1. The van der Waals surface area contributed by atoms with E-state index in [9.17, 15) is 0 Å². The molecule has 0 saturated heterocycles. The summed E-state index contributed by atoms with van der Waals surface area (Å²) in [5.74, 6) is 0. The zero-order valence-electron chi connectivity index (χ0n) is 8.11. The summed E-state index contributed by atoms with van der Waals surface area (Å²) in [5.41, 5.74) is 3.34. The molecular formula is C10H9BrIN3. The van der Waals surface area contributed by atoms with Gasteiger partial charge in [-0.15, -0.1) is 5.10 Å². The van der Waals surface area contributed by atoms with E-state index in [1.807, 2.05) is 4.68 Å². The predicted octanol–water partition coefficient (Wildman–Crippen LogP) is 3.08. The van der Waals surface area contributed by atoms with Crippen LogP contribution in [-0.2, 0) is 5.33 Å². The van der Waals surface area contributed by atoms with Crippen molar-refractivity contribution in [3.05, 3.63) is 39.2 Å². The quantitative estimate of drug-likeness (QED) is 0.594. The van der Waals surface area contributed by atoms with Gasteiger partial charge in [0.25, 0.3) is 0 Å². The number of rotatable bonds is 2. The van der Waals surface area contributed by atoms with Gasteiger partial charge in [-0.3, -0.25) is 0 Å². The summed E-state index contributed by atoms with van der Waals surface area (Å²) >= 11 is 5.72. The molecule has 1 aromatic heterocycles. The molecule has 0 spiro atoms. The van der Waals surface area contributed by atoms with Gasteiger partial charge in [0.15, 0.2) is 0 Å². The van der Waals surface area contributed by atoms with Crippen LogP contribution in [0.15, 0.2) is 24.4 Å². The Bertz CT molecular complexity index is 481. The number of hydrogen-bond donors (Lipinski definition) is 0. The number of alkyl halides is 1. The Labute approximate surface area is 110 Å². The topological polar surface area (TPSA) is 30.7 Å². The van der Waals surface area contributed by atoms with Crippen LogP contribution in [0.4, 0.5) is 0 Å². The zero-order valence-corrected chi connectivity index (χ0v) is 11.9. The molecule has 0 N–H and O–H groups in total. The molecule has 1 aromatic carbocycles. The van der Waals surface area contributed by atoms with Crippen molar-refractivity contribution in [2.24, 2.45) is 0 Å². The Hall–Kier alpha value is -0.430. The van der Waals surface area contributed by atoms with Crippen LogP contribution < -0.4 is 0 Å². The van der Waals surface area contributed by atoms with Crippen LogP contribution in [-0.4, -0.2) is 15.0 Å². The second-order valence-corrected chi connectivity index (χ2v) is 5.01. The van der Waals surface area contributed by atoms with E-state index in [4.69, 9.17) is 0 Å². The molecule has 0 aliphatic carbocycles. The number of hydrogen-bond acceptors (Lipinski definition) is 2. The molecule has 0 fully saturated rings. The van der Waals surface area contributed by atoms with Crippen LogP contribution in [0, 0.1) is 10.5 Å². The number of nitrogens with zero attached hydrogens (tertiary/aromatic N) is 3. The fourth-order valence-electron chi connectivity index (χ4n) is 1.36. The number of aryl methyl sites for hydroxylation is 1. The highest BCUT2D eigenvalue weighted by Crippen LogP contribution is 2.18. The molecule has 5 heteroatoms. The first-order valence-electron chi connectivity index (χ1n) is 4.44. The van der Waals surface area contributed by atoms with Gasteiger partial charge in [-0.25, -0.2) is 4.68 Å². The maximum Gasteiger partial charge on any atom is 0.0751 e. The minimum Gasteiger partial charge on any atom is -0.216 e. The van der Waals surface area contributed by atoms with E-state index in [0.29, 0.717) is 0 Å². The van der Waals surface area contributed by atoms with Gasteiger partial charge in [-0.1, -0.05) is 27.2 Å². The maximum absolute atomic E-state index is 4.09. The van der Waals surface area contributed by atoms with Crippen molar-refractivity contribution in [1.82, 2.24) is 15.0 Å². The summed E-state index contributed by atoms with van der Waals surface area (Å²) in [6, 6.07) is 6.29. The molecule has 0 amide bonds. The van der Waals surface area contributed by atoms with Crippen LogP contribution in [0.3, 0.4) is 0 Å². The van der Waals surface area contributed by atoms with Crippen LogP contribution in [0.5, 0.6) is 0 Å². The van der Waals surface area contributed by atoms with Crippen molar-refractivity contribution in [3.8, 4) is 5.69 Å². The molecule has 2 rings (SSSR count). The van der Waals surface area contributed by atoms with E-state index in [1.165, 1.54) is 9.13 Å². The lowest BCUT2D eigenvalue weighted by Gasteiger charge is -2.07. The van der Waals surface area contributed by atoms with Crippen molar-refractivity contribution in [2.45, 2.75) is 12.3 Å². The van der Waals surface area contributed by atoms with Crippen molar-refractivity contribution in [3.63, 3.8) is 0 Å². The molecular weight excluding hydrogens is 369 g/mol. The van der Waals surface area contributed by atoms with E-state index in [2.05, 4.69) is 74.0 Å². The smallest absolute Gasteiger partial charge is 0.0751 e. The Morgan fingerprint density at radius 3 is 3.00 bits per heavy atom. The fraction of sp³-hybridized carbons (Fsp3) is 0.200. The van der Waals surface area contributed by atoms with Crippen molar-refractivity contribution in [1.29, 1.82) is 0 Å². The molecule has 3 nitrogen and oxygen atoms in total. The van der Waals surface area contributed by atoms with Crippen molar-refractivity contribution >= 4 is 38.5 Å². The van der Waals surface area contributed by atoms with Gasteiger partial charge in [0.2, 0.25) is 0 Å².